The van der Waals surface area contributed by atoms with Gasteiger partial charge in [0.15, 0.2) is 0 Å². The van der Waals surface area contributed by atoms with Crippen molar-refractivity contribution in [1.82, 2.24) is 0 Å². The van der Waals surface area contributed by atoms with E-state index in [0.29, 0.717) is 5.04 Å². The van der Waals surface area contributed by atoms with Crippen LogP contribution in [0, 0.1) is 3.57 Å². The minimum Gasteiger partial charge on any atom is -0.392 e. The first-order chi connectivity index (χ1) is 7.21. The number of benzene rings is 1. The summed E-state index contributed by atoms with van der Waals surface area (Å²) in [6, 6.07) is 6.23. The molecule has 0 amide bonds. The van der Waals surface area contributed by atoms with E-state index >= 15 is 0 Å². The molecule has 1 rings (SSSR count). The van der Waals surface area contributed by atoms with Gasteiger partial charge in [0.25, 0.3) is 0 Å². The molecule has 0 aliphatic rings. The topological polar surface area (TPSA) is 20.2 Å². The van der Waals surface area contributed by atoms with Gasteiger partial charge in [-0.05, 0) is 44.4 Å². The molecule has 0 unspecified atom stereocenters. The van der Waals surface area contributed by atoms with Gasteiger partial charge >= 0.3 is 0 Å². The average molecular weight is 348 g/mol. The molecule has 0 aromatic heterocycles. The first-order valence-corrected chi connectivity index (χ1v) is 9.68. The fourth-order valence-corrected chi connectivity index (χ4v) is 6.75. The van der Waals surface area contributed by atoms with Crippen LogP contribution < -0.4 is 5.19 Å². The number of halogens is 1. The molecular weight excluding hydrogens is 327 g/mol. The van der Waals surface area contributed by atoms with E-state index in [-0.39, 0.29) is 6.61 Å². The Labute approximate surface area is 113 Å². The Morgan fingerprint density at radius 1 is 1.25 bits per heavy atom. The quantitative estimate of drug-likeness (QED) is 0.641. The van der Waals surface area contributed by atoms with E-state index in [9.17, 15) is 5.11 Å². The van der Waals surface area contributed by atoms with Crippen LogP contribution >= 0.6 is 22.6 Å². The fourth-order valence-electron chi connectivity index (χ4n) is 1.78. The lowest BCUT2D eigenvalue weighted by atomic mass is 10.2. The van der Waals surface area contributed by atoms with Crippen molar-refractivity contribution < 1.29 is 5.11 Å². The zero-order chi connectivity index (χ0) is 12.6. The summed E-state index contributed by atoms with van der Waals surface area (Å²) in [5.74, 6) is 0. The second-order valence-electron chi connectivity index (χ2n) is 5.81. The van der Waals surface area contributed by atoms with Gasteiger partial charge in [0, 0.05) is 3.57 Å². The number of hydrogen-bond acceptors (Lipinski definition) is 1. The molecule has 1 aromatic carbocycles. The lowest BCUT2D eigenvalue weighted by Gasteiger charge is -2.39. The van der Waals surface area contributed by atoms with E-state index in [1.54, 1.807) is 0 Å². The average Bonchev–Trinajstić information content (AvgIpc) is 2.15. The molecule has 90 valence electrons. The lowest BCUT2D eigenvalue weighted by molar-refractivity contribution is 0.282. The zero-order valence-electron chi connectivity index (χ0n) is 10.8. The van der Waals surface area contributed by atoms with Crippen molar-refractivity contribution in [3.05, 3.63) is 27.3 Å². The van der Waals surface area contributed by atoms with Crippen LogP contribution in [0.15, 0.2) is 18.2 Å². The predicted molar refractivity (Wildman–Crippen MR) is 81.9 cm³/mol. The summed E-state index contributed by atoms with van der Waals surface area (Å²) in [7, 11) is -1.56. The molecule has 16 heavy (non-hydrogen) atoms. The molecule has 0 radical (unpaired) electrons. The Balaban J connectivity index is 3.43. The van der Waals surface area contributed by atoms with Crippen LogP contribution in [0.1, 0.15) is 26.3 Å². The first kappa shape index (κ1) is 14.2. The summed E-state index contributed by atoms with van der Waals surface area (Å²) < 4.78 is 1.30. The Bertz CT molecular complexity index is 380. The van der Waals surface area contributed by atoms with Gasteiger partial charge in [-0.25, -0.2) is 0 Å². The van der Waals surface area contributed by atoms with Crippen LogP contribution in [0.3, 0.4) is 0 Å². The minimum atomic E-state index is -1.56. The van der Waals surface area contributed by atoms with Crippen LogP contribution in [0.2, 0.25) is 18.1 Å². The molecule has 1 nitrogen and oxygen atoms in total. The SMILES string of the molecule is CC(C)(C)[Si](C)(C)c1c(I)cccc1CO. The van der Waals surface area contributed by atoms with Gasteiger partial charge in [0.1, 0.15) is 0 Å². The maximum absolute atomic E-state index is 9.49. The maximum atomic E-state index is 9.49. The summed E-state index contributed by atoms with van der Waals surface area (Å²) in [6.07, 6.45) is 0. The van der Waals surface area contributed by atoms with Crippen molar-refractivity contribution in [2.45, 2.75) is 45.5 Å². The van der Waals surface area contributed by atoms with Crippen molar-refractivity contribution in [3.63, 3.8) is 0 Å². The molecule has 1 aromatic rings. The zero-order valence-corrected chi connectivity index (χ0v) is 13.9. The Morgan fingerprint density at radius 2 is 1.81 bits per heavy atom. The van der Waals surface area contributed by atoms with Crippen LogP contribution in [0.5, 0.6) is 0 Å². The molecule has 0 saturated carbocycles. The van der Waals surface area contributed by atoms with Crippen molar-refractivity contribution in [2.75, 3.05) is 0 Å². The van der Waals surface area contributed by atoms with Crippen LogP contribution in [-0.2, 0) is 6.61 Å². The highest BCUT2D eigenvalue weighted by atomic mass is 127. The molecule has 0 aliphatic heterocycles. The number of rotatable bonds is 2. The van der Waals surface area contributed by atoms with E-state index in [0.717, 1.165) is 5.56 Å². The normalized spacial score (nSPS) is 12.9. The third-order valence-electron chi connectivity index (χ3n) is 3.77. The summed E-state index contributed by atoms with van der Waals surface area (Å²) in [4.78, 5) is 0. The van der Waals surface area contributed by atoms with Crippen molar-refractivity contribution in [2.24, 2.45) is 0 Å². The molecule has 0 atom stereocenters. The molecule has 1 N–H and O–H groups in total. The second-order valence-corrected chi connectivity index (χ2v) is 12.2. The van der Waals surface area contributed by atoms with Crippen molar-refractivity contribution in [1.29, 1.82) is 0 Å². The highest BCUT2D eigenvalue weighted by molar-refractivity contribution is 14.1. The maximum Gasteiger partial charge on any atom is 0.0877 e. The van der Waals surface area contributed by atoms with Crippen LogP contribution in [0.25, 0.3) is 0 Å². The second kappa shape index (κ2) is 4.78. The fraction of sp³-hybridized carbons (Fsp3) is 0.538. The van der Waals surface area contributed by atoms with E-state index in [1.807, 2.05) is 6.07 Å². The third kappa shape index (κ3) is 2.51. The standard InChI is InChI=1S/C13H21IOSi/c1-13(2,3)16(4,5)12-10(9-15)7-6-8-11(12)14/h6-8,15H,9H2,1-5H3. The molecule has 0 saturated heterocycles. The summed E-state index contributed by atoms with van der Waals surface area (Å²) in [5.41, 5.74) is 1.11. The first-order valence-electron chi connectivity index (χ1n) is 5.60. The summed E-state index contributed by atoms with van der Waals surface area (Å²) >= 11 is 2.40. The number of hydrogen-bond donors (Lipinski definition) is 1. The molecule has 0 spiro atoms. The van der Waals surface area contributed by atoms with Gasteiger partial charge in [-0.1, -0.05) is 46.0 Å². The van der Waals surface area contributed by atoms with Gasteiger partial charge in [-0.2, -0.15) is 0 Å². The minimum absolute atomic E-state index is 0.151. The van der Waals surface area contributed by atoms with Crippen LogP contribution in [-0.4, -0.2) is 13.2 Å². The molecule has 0 heterocycles. The Hall–Kier alpha value is 0.127. The third-order valence-corrected chi connectivity index (χ3v) is 10.8. The number of aliphatic hydroxyl groups excluding tert-OH is 1. The molecule has 0 bridgehead atoms. The van der Waals surface area contributed by atoms with Gasteiger partial charge < -0.3 is 5.11 Å². The van der Waals surface area contributed by atoms with Gasteiger partial charge in [-0.3, -0.25) is 0 Å². The smallest absolute Gasteiger partial charge is 0.0877 e. The van der Waals surface area contributed by atoms with E-state index in [4.69, 9.17) is 0 Å². The largest absolute Gasteiger partial charge is 0.392 e. The molecule has 0 aliphatic carbocycles. The number of aliphatic hydroxyl groups is 1. The lowest BCUT2D eigenvalue weighted by Crippen LogP contribution is -2.52. The Kier molecular flexibility index (Phi) is 4.24. The Morgan fingerprint density at radius 3 is 2.25 bits per heavy atom. The molecule has 3 heteroatoms. The monoisotopic (exact) mass is 348 g/mol. The van der Waals surface area contributed by atoms with E-state index in [1.165, 1.54) is 8.76 Å². The van der Waals surface area contributed by atoms with Gasteiger partial charge in [0.05, 0.1) is 14.7 Å². The van der Waals surface area contributed by atoms with E-state index < -0.39 is 8.07 Å². The van der Waals surface area contributed by atoms with Crippen LogP contribution in [0.4, 0.5) is 0 Å². The predicted octanol–water partition coefficient (Wildman–Crippen LogP) is 3.50. The van der Waals surface area contributed by atoms with E-state index in [2.05, 4.69) is 68.6 Å². The molecule has 0 fully saturated rings. The summed E-state index contributed by atoms with van der Waals surface area (Å²) in [6.45, 7) is 11.9. The van der Waals surface area contributed by atoms with Gasteiger partial charge in [0.2, 0.25) is 0 Å². The summed E-state index contributed by atoms with van der Waals surface area (Å²) in [5, 5.41) is 11.2. The highest BCUT2D eigenvalue weighted by Crippen LogP contribution is 2.37. The van der Waals surface area contributed by atoms with Crippen molar-refractivity contribution >= 4 is 35.9 Å². The van der Waals surface area contributed by atoms with Gasteiger partial charge in [-0.15, -0.1) is 0 Å². The molecular formula is C13H21IOSi. The highest BCUT2D eigenvalue weighted by Gasteiger charge is 2.39. The van der Waals surface area contributed by atoms with Crippen molar-refractivity contribution in [3.8, 4) is 0 Å².